The fraction of sp³-hybridized carbons (Fsp3) is 0.875. The van der Waals surface area contributed by atoms with Gasteiger partial charge < -0.3 is 9.84 Å². The van der Waals surface area contributed by atoms with Gasteiger partial charge in [0.15, 0.2) is 5.60 Å². The van der Waals surface area contributed by atoms with Crippen molar-refractivity contribution in [1.82, 2.24) is 0 Å². The number of halogens is 6. The molecule has 0 aromatic carbocycles. The van der Waals surface area contributed by atoms with E-state index in [0.717, 1.165) is 38.5 Å². The molecule has 0 saturated carbocycles. The summed E-state index contributed by atoms with van der Waals surface area (Å²) in [5.41, 5.74) is -5.74. The number of carbonyl (C=O) groups excluding carboxylic acids is 1. The predicted octanol–water partition coefficient (Wildman–Crippen LogP) is 7.57. The van der Waals surface area contributed by atoms with Crippen molar-refractivity contribution >= 4 is 5.97 Å². The van der Waals surface area contributed by atoms with Gasteiger partial charge in [0.25, 0.3) is 0 Å². The minimum atomic E-state index is -6.31. The zero-order valence-electron chi connectivity index (χ0n) is 19.5. The molecule has 0 atom stereocenters. The molecule has 0 bridgehead atoms. The van der Waals surface area contributed by atoms with Crippen LogP contribution in [0.2, 0.25) is 0 Å². The second-order valence-electron chi connectivity index (χ2n) is 8.55. The van der Waals surface area contributed by atoms with Crippen molar-refractivity contribution in [3.05, 3.63) is 12.7 Å². The molecule has 0 saturated heterocycles. The Labute approximate surface area is 194 Å². The number of alkyl halides is 6. The van der Waals surface area contributed by atoms with Gasteiger partial charge in [-0.2, -0.15) is 26.3 Å². The van der Waals surface area contributed by atoms with Crippen LogP contribution in [0.15, 0.2) is 12.7 Å². The third kappa shape index (κ3) is 13.3. The molecule has 0 aromatic rings. The highest BCUT2D eigenvalue weighted by molar-refractivity contribution is 5.81. The van der Waals surface area contributed by atoms with Crippen LogP contribution in [-0.4, -0.2) is 30.5 Å². The number of allylic oxidation sites excluding steroid dienone is 1. The van der Waals surface area contributed by atoms with Crippen LogP contribution in [0.25, 0.3) is 0 Å². The largest absolute Gasteiger partial charge is 0.828 e. The molecular formula is C24H39F6O3-. The van der Waals surface area contributed by atoms with Crippen LogP contribution in [0, 0.1) is 0 Å². The van der Waals surface area contributed by atoms with Crippen LogP contribution in [0.4, 0.5) is 26.3 Å². The molecule has 0 aliphatic rings. The summed E-state index contributed by atoms with van der Waals surface area (Å²) in [6, 6.07) is 0. The Hall–Kier alpha value is -1.25. The molecule has 9 heteroatoms. The number of rotatable bonds is 20. The van der Waals surface area contributed by atoms with E-state index in [0.29, 0.717) is 6.42 Å². The molecular weight excluding hydrogens is 450 g/mol. The molecule has 0 radical (unpaired) electrons. The van der Waals surface area contributed by atoms with E-state index in [-0.39, 0.29) is 6.42 Å². The van der Waals surface area contributed by atoms with Crippen LogP contribution in [0.3, 0.4) is 0 Å². The lowest BCUT2D eigenvalue weighted by Crippen LogP contribution is -2.71. The summed E-state index contributed by atoms with van der Waals surface area (Å²) in [7, 11) is 0. The Balaban J connectivity index is 3.58. The highest BCUT2D eigenvalue weighted by Gasteiger charge is 2.68. The van der Waals surface area contributed by atoms with Crippen molar-refractivity contribution in [2.75, 3.05) is 6.61 Å². The van der Waals surface area contributed by atoms with E-state index in [1.54, 1.807) is 0 Å². The monoisotopic (exact) mass is 489 g/mol. The third-order valence-corrected chi connectivity index (χ3v) is 5.62. The van der Waals surface area contributed by atoms with Gasteiger partial charge in [-0.05, 0) is 19.3 Å². The topological polar surface area (TPSA) is 49.4 Å². The Bertz CT molecular complexity index is 503. The van der Waals surface area contributed by atoms with E-state index in [1.165, 1.54) is 57.8 Å². The lowest BCUT2D eigenvalue weighted by Gasteiger charge is -2.40. The van der Waals surface area contributed by atoms with Gasteiger partial charge in [0, 0.05) is 0 Å². The lowest BCUT2D eigenvalue weighted by atomic mass is 10.0. The summed E-state index contributed by atoms with van der Waals surface area (Å²) in [5, 5.41) is 11.1. The zero-order valence-corrected chi connectivity index (χ0v) is 19.5. The molecule has 0 aliphatic heterocycles. The van der Waals surface area contributed by atoms with E-state index in [9.17, 15) is 36.2 Å². The molecule has 0 fully saturated rings. The minimum Gasteiger partial charge on any atom is -0.828 e. The van der Waals surface area contributed by atoms with Gasteiger partial charge in [-0.25, -0.2) is 0 Å². The molecule has 0 rings (SSSR count). The lowest BCUT2D eigenvalue weighted by molar-refractivity contribution is -0.574. The number of hydrogen-bond donors (Lipinski definition) is 0. The van der Waals surface area contributed by atoms with Gasteiger partial charge in [0.2, 0.25) is 0 Å². The molecule has 0 aliphatic carbocycles. The van der Waals surface area contributed by atoms with Crippen LogP contribution >= 0.6 is 0 Å². The first kappa shape index (κ1) is 31.8. The normalized spacial score (nSPS) is 12.7. The fourth-order valence-corrected chi connectivity index (χ4v) is 3.52. The van der Waals surface area contributed by atoms with Gasteiger partial charge in [0.1, 0.15) is 0 Å². The van der Waals surface area contributed by atoms with Crippen molar-refractivity contribution in [2.24, 2.45) is 0 Å². The van der Waals surface area contributed by atoms with Crippen molar-refractivity contribution < 1.29 is 41.0 Å². The Morgan fingerprint density at radius 3 is 1.24 bits per heavy atom. The zero-order chi connectivity index (χ0) is 25.2. The van der Waals surface area contributed by atoms with Gasteiger partial charge in [-0.1, -0.05) is 96.0 Å². The van der Waals surface area contributed by atoms with E-state index in [4.69, 9.17) is 0 Å². The first-order valence-electron chi connectivity index (χ1n) is 12.1. The Kier molecular flexibility index (Phi) is 16.6. The third-order valence-electron chi connectivity index (χ3n) is 5.62. The summed E-state index contributed by atoms with van der Waals surface area (Å²) in [6.07, 6.45) is 7.37. The number of ether oxygens (including phenoxy) is 1. The van der Waals surface area contributed by atoms with Crippen LogP contribution < -0.4 is 5.11 Å². The molecule has 196 valence electrons. The van der Waals surface area contributed by atoms with Gasteiger partial charge in [0.05, 0.1) is 6.61 Å². The summed E-state index contributed by atoms with van der Waals surface area (Å²) in [6.45, 7) is 3.08. The number of carbonyl (C=O) groups is 1. The highest BCUT2D eigenvalue weighted by atomic mass is 19.4. The van der Waals surface area contributed by atoms with E-state index >= 15 is 0 Å². The van der Waals surface area contributed by atoms with Gasteiger partial charge >= 0.3 is 18.3 Å². The van der Waals surface area contributed by atoms with Gasteiger partial charge in [-0.15, -0.1) is 6.58 Å². The number of hydrogen-bond acceptors (Lipinski definition) is 3. The van der Waals surface area contributed by atoms with Crippen molar-refractivity contribution in [2.45, 2.75) is 127 Å². The van der Waals surface area contributed by atoms with Crippen molar-refractivity contribution in [3.63, 3.8) is 0 Å². The average Bonchev–Trinajstić information content (AvgIpc) is 2.73. The summed E-state index contributed by atoms with van der Waals surface area (Å²) in [4.78, 5) is 11.2. The predicted molar refractivity (Wildman–Crippen MR) is 114 cm³/mol. The van der Waals surface area contributed by atoms with E-state index in [2.05, 4.69) is 11.3 Å². The number of unbranched alkanes of at least 4 members (excludes halogenated alkanes) is 16. The summed E-state index contributed by atoms with van der Waals surface area (Å²) < 4.78 is 78.7. The van der Waals surface area contributed by atoms with Crippen molar-refractivity contribution in [3.8, 4) is 0 Å². The van der Waals surface area contributed by atoms with Crippen LogP contribution in [0.1, 0.15) is 109 Å². The Morgan fingerprint density at radius 1 is 0.636 bits per heavy atom. The van der Waals surface area contributed by atoms with Crippen LogP contribution in [0.5, 0.6) is 0 Å². The molecule has 0 N–H and O–H groups in total. The Morgan fingerprint density at radius 2 is 0.939 bits per heavy atom. The fourth-order valence-electron chi connectivity index (χ4n) is 3.52. The summed E-state index contributed by atoms with van der Waals surface area (Å²) in [5.74, 6) is -2.84. The van der Waals surface area contributed by atoms with E-state index in [1.807, 2.05) is 6.08 Å². The second-order valence-corrected chi connectivity index (χ2v) is 8.55. The highest BCUT2D eigenvalue weighted by Crippen LogP contribution is 2.41. The first-order chi connectivity index (χ1) is 15.5. The minimum absolute atomic E-state index is 0.117. The maximum Gasteiger partial charge on any atom is 0.399 e. The van der Waals surface area contributed by atoms with E-state index < -0.39 is 30.5 Å². The molecule has 0 spiro atoms. The molecule has 0 amide bonds. The molecule has 0 aromatic heterocycles. The standard InChI is InChI=1S/C24H39F6O3/c1-2-3-4-5-6-7-8-9-10-11-12-13-14-15-16-17-18-19-20-33-21(31)22(32,23(25,26)27)24(28,29)30/h2H,1,3-20H2/q-1. The van der Waals surface area contributed by atoms with Gasteiger partial charge in [-0.3, -0.25) is 4.79 Å². The number of esters is 1. The molecule has 33 heavy (non-hydrogen) atoms. The molecule has 3 nitrogen and oxygen atoms in total. The SMILES string of the molecule is C=CCCCCCCCCCCCCCCCCCCOC(=O)C([O-])(C(F)(F)F)C(F)(F)F. The second kappa shape index (κ2) is 17.2. The molecule has 0 unspecified atom stereocenters. The van der Waals surface area contributed by atoms with Crippen molar-refractivity contribution in [1.29, 1.82) is 0 Å². The maximum atomic E-state index is 12.5. The smallest absolute Gasteiger partial charge is 0.399 e. The summed E-state index contributed by atoms with van der Waals surface area (Å²) >= 11 is 0. The van der Waals surface area contributed by atoms with Crippen LogP contribution in [-0.2, 0) is 9.53 Å². The average molecular weight is 490 g/mol. The quantitative estimate of drug-likeness (QED) is 0.0767. The molecule has 0 heterocycles. The maximum absolute atomic E-state index is 12.5. The first-order valence-corrected chi connectivity index (χ1v) is 12.1.